The van der Waals surface area contributed by atoms with E-state index in [0.29, 0.717) is 17.8 Å². The Morgan fingerprint density at radius 2 is 2.18 bits per heavy atom. The standard InChI is InChI=1S/C5H3NO4S/c7-3(8)1-2-4(9)6-5(10)11-2/h1H,(H,7,8)(H,6,9,10)/p-1/b2-1+. The van der Waals surface area contributed by atoms with Crippen molar-refractivity contribution in [3.8, 4) is 0 Å². The lowest BCUT2D eigenvalue weighted by molar-refractivity contribution is -0.297. The van der Waals surface area contributed by atoms with Crippen LogP contribution in [-0.4, -0.2) is 17.1 Å². The molecule has 1 heterocycles. The van der Waals surface area contributed by atoms with Gasteiger partial charge in [0.25, 0.3) is 11.1 Å². The lowest BCUT2D eigenvalue weighted by atomic mass is 10.5. The van der Waals surface area contributed by atoms with E-state index in [4.69, 9.17) is 0 Å². The van der Waals surface area contributed by atoms with Crippen LogP contribution in [0.3, 0.4) is 0 Å². The summed E-state index contributed by atoms with van der Waals surface area (Å²) in [5.74, 6) is -2.18. The molecule has 0 aliphatic carbocycles. The van der Waals surface area contributed by atoms with Crippen molar-refractivity contribution in [3.05, 3.63) is 11.0 Å². The van der Waals surface area contributed by atoms with Gasteiger partial charge in [0, 0.05) is 0 Å². The molecule has 2 amide bonds. The van der Waals surface area contributed by atoms with E-state index in [1.807, 2.05) is 5.32 Å². The van der Waals surface area contributed by atoms with Crippen molar-refractivity contribution in [2.45, 2.75) is 0 Å². The van der Waals surface area contributed by atoms with Crippen molar-refractivity contribution < 1.29 is 19.5 Å². The van der Waals surface area contributed by atoms with E-state index in [9.17, 15) is 19.5 Å². The van der Waals surface area contributed by atoms with Crippen LogP contribution in [0.5, 0.6) is 0 Å². The van der Waals surface area contributed by atoms with Gasteiger partial charge < -0.3 is 9.90 Å². The van der Waals surface area contributed by atoms with E-state index in [2.05, 4.69) is 0 Å². The summed E-state index contributed by atoms with van der Waals surface area (Å²) in [7, 11) is 0. The number of carboxylic acid groups (broad SMARTS) is 1. The maximum atomic E-state index is 10.6. The summed E-state index contributed by atoms with van der Waals surface area (Å²) in [6.07, 6.45) is 0.588. The van der Waals surface area contributed by atoms with Crippen LogP contribution in [0, 0.1) is 0 Å². The van der Waals surface area contributed by atoms with Crippen molar-refractivity contribution in [2.75, 3.05) is 0 Å². The lowest BCUT2D eigenvalue weighted by Crippen LogP contribution is -2.22. The zero-order valence-corrected chi connectivity index (χ0v) is 5.94. The lowest BCUT2D eigenvalue weighted by Gasteiger charge is -1.91. The highest BCUT2D eigenvalue weighted by atomic mass is 32.2. The topological polar surface area (TPSA) is 86.3 Å². The van der Waals surface area contributed by atoms with Crippen LogP contribution in [-0.2, 0) is 9.59 Å². The van der Waals surface area contributed by atoms with Crippen LogP contribution in [0.4, 0.5) is 4.79 Å². The summed E-state index contributed by atoms with van der Waals surface area (Å²) in [6, 6.07) is 0. The molecule has 5 nitrogen and oxygen atoms in total. The summed E-state index contributed by atoms with van der Waals surface area (Å²) in [5.41, 5.74) is 0. The summed E-state index contributed by atoms with van der Waals surface area (Å²) in [5, 5.41) is 11.2. The van der Waals surface area contributed by atoms with Gasteiger partial charge >= 0.3 is 0 Å². The second kappa shape index (κ2) is 2.75. The third-order valence-electron chi connectivity index (χ3n) is 0.891. The Bertz CT molecular complexity index is 270. The van der Waals surface area contributed by atoms with Crippen molar-refractivity contribution >= 4 is 28.9 Å². The molecule has 0 unspecified atom stereocenters. The molecule has 1 saturated heterocycles. The van der Waals surface area contributed by atoms with E-state index in [0.717, 1.165) is 0 Å². The number of imide groups is 1. The second-order valence-electron chi connectivity index (χ2n) is 1.67. The van der Waals surface area contributed by atoms with Gasteiger partial charge in [-0.25, -0.2) is 0 Å². The molecular weight excluding hydrogens is 170 g/mol. The number of amides is 2. The molecule has 1 aliphatic heterocycles. The minimum Gasteiger partial charge on any atom is -0.545 e. The molecule has 0 aromatic heterocycles. The highest BCUT2D eigenvalue weighted by Gasteiger charge is 2.24. The molecule has 11 heavy (non-hydrogen) atoms. The fraction of sp³-hybridized carbons (Fsp3) is 0. The summed E-state index contributed by atoms with van der Waals surface area (Å²) in [6.45, 7) is 0. The van der Waals surface area contributed by atoms with E-state index in [1.54, 1.807) is 0 Å². The Kier molecular flexibility index (Phi) is 1.95. The number of hydrogen-bond donors (Lipinski definition) is 1. The van der Waals surface area contributed by atoms with Crippen LogP contribution in [0.25, 0.3) is 0 Å². The number of carboxylic acids is 1. The van der Waals surface area contributed by atoms with Gasteiger partial charge in [0.15, 0.2) is 0 Å². The molecule has 1 aliphatic rings. The highest BCUT2D eigenvalue weighted by Crippen LogP contribution is 2.21. The Morgan fingerprint density at radius 1 is 1.55 bits per heavy atom. The van der Waals surface area contributed by atoms with Gasteiger partial charge in [-0.2, -0.15) is 0 Å². The number of nitrogens with one attached hydrogen (secondary N) is 1. The highest BCUT2D eigenvalue weighted by molar-refractivity contribution is 8.18. The second-order valence-corrected chi connectivity index (χ2v) is 2.69. The van der Waals surface area contributed by atoms with Gasteiger partial charge in [-0.05, 0) is 17.8 Å². The minimum absolute atomic E-state index is 0.144. The monoisotopic (exact) mass is 172 g/mol. The van der Waals surface area contributed by atoms with Crippen molar-refractivity contribution in [3.63, 3.8) is 0 Å². The molecule has 1 rings (SSSR count). The fourth-order valence-corrected chi connectivity index (χ4v) is 1.17. The summed E-state index contributed by atoms with van der Waals surface area (Å²) >= 11 is 0.543. The van der Waals surface area contributed by atoms with Crippen LogP contribution in [0.2, 0.25) is 0 Å². The average molecular weight is 172 g/mol. The van der Waals surface area contributed by atoms with Crippen molar-refractivity contribution in [1.29, 1.82) is 0 Å². The molecule has 0 atom stereocenters. The Balaban J connectivity index is 2.83. The maximum absolute atomic E-state index is 10.6. The number of hydrogen-bond acceptors (Lipinski definition) is 5. The maximum Gasteiger partial charge on any atom is 0.290 e. The molecule has 0 bridgehead atoms. The van der Waals surface area contributed by atoms with Gasteiger partial charge in [-0.15, -0.1) is 0 Å². The molecule has 0 spiro atoms. The Labute approximate surface area is 65.5 Å². The molecule has 1 N–H and O–H groups in total. The fourth-order valence-electron chi connectivity index (χ4n) is 0.528. The third-order valence-corrected chi connectivity index (χ3v) is 1.70. The van der Waals surface area contributed by atoms with Gasteiger partial charge in [0.1, 0.15) is 0 Å². The number of thioether (sulfide) groups is 1. The first-order chi connectivity index (χ1) is 5.09. The van der Waals surface area contributed by atoms with E-state index >= 15 is 0 Å². The smallest absolute Gasteiger partial charge is 0.290 e. The molecular formula is C5H2NO4S-. The van der Waals surface area contributed by atoms with Gasteiger partial charge in [-0.3, -0.25) is 14.9 Å². The zero-order valence-electron chi connectivity index (χ0n) is 5.12. The number of rotatable bonds is 1. The van der Waals surface area contributed by atoms with Crippen LogP contribution in [0.15, 0.2) is 11.0 Å². The molecule has 0 aromatic rings. The SMILES string of the molecule is O=C([O-])/C=C1/SC(=O)NC1=O. The van der Waals surface area contributed by atoms with Gasteiger partial charge in [0.05, 0.1) is 10.9 Å². The first-order valence-corrected chi connectivity index (χ1v) is 3.37. The zero-order chi connectivity index (χ0) is 8.43. The first-order valence-electron chi connectivity index (χ1n) is 2.55. The Morgan fingerprint density at radius 3 is 2.55 bits per heavy atom. The van der Waals surface area contributed by atoms with Crippen molar-refractivity contribution in [1.82, 2.24) is 5.32 Å². The summed E-state index contributed by atoms with van der Waals surface area (Å²) in [4.78, 5) is 30.8. The first kappa shape index (κ1) is 7.80. The van der Waals surface area contributed by atoms with Crippen LogP contribution >= 0.6 is 11.8 Å². The molecule has 0 radical (unpaired) electrons. The van der Waals surface area contributed by atoms with Crippen LogP contribution in [0.1, 0.15) is 0 Å². The number of carbonyl (C=O) groups excluding carboxylic acids is 3. The van der Waals surface area contributed by atoms with E-state index in [-0.39, 0.29) is 4.91 Å². The van der Waals surface area contributed by atoms with E-state index < -0.39 is 17.1 Å². The van der Waals surface area contributed by atoms with Crippen molar-refractivity contribution in [2.24, 2.45) is 0 Å². The third kappa shape index (κ3) is 1.81. The molecule has 0 saturated carbocycles. The largest absolute Gasteiger partial charge is 0.545 e. The molecule has 58 valence electrons. The minimum atomic E-state index is -1.49. The normalized spacial score (nSPS) is 20.5. The van der Waals surface area contributed by atoms with Gasteiger partial charge in [-0.1, -0.05) is 0 Å². The predicted molar refractivity (Wildman–Crippen MR) is 34.2 cm³/mol. The summed E-state index contributed by atoms with van der Waals surface area (Å²) < 4.78 is 0. The van der Waals surface area contributed by atoms with Crippen LogP contribution < -0.4 is 10.4 Å². The average Bonchev–Trinajstić information content (AvgIpc) is 2.09. The van der Waals surface area contributed by atoms with E-state index in [1.165, 1.54) is 0 Å². The van der Waals surface area contributed by atoms with Gasteiger partial charge in [0.2, 0.25) is 0 Å². The number of aliphatic carboxylic acids is 1. The Hall–Kier alpha value is -1.30. The molecule has 0 aromatic carbocycles. The quantitative estimate of drug-likeness (QED) is 0.492. The molecule has 1 fully saturated rings. The molecule has 6 heteroatoms. The number of carbonyl (C=O) groups is 3. The predicted octanol–water partition coefficient (Wildman–Crippen LogP) is -1.40.